The van der Waals surface area contributed by atoms with Gasteiger partial charge in [-0.2, -0.15) is 0 Å². The predicted molar refractivity (Wildman–Crippen MR) is 150 cm³/mol. The maximum absolute atomic E-state index is 14.4. The van der Waals surface area contributed by atoms with Crippen LogP contribution in [-0.2, 0) is 26.4 Å². The Labute approximate surface area is 237 Å². The van der Waals surface area contributed by atoms with Gasteiger partial charge in [0.15, 0.2) is 5.41 Å². The summed E-state index contributed by atoms with van der Waals surface area (Å²) >= 11 is 12.9. The molecule has 1 atom stereocenters. The van der Waals surface area contributed by atoms with Crippen LogP contribution < -0.4 is 20.4 Å². The Bertz CT molecular complexity index is 1450. The zero-order chi connectivity index (χ0) is 28.5. The maximum atomic E-state index is 14.4. The van der Waals surface area contributed by atoms with Gasteiger partial charge in [0.2, 0.25) is 0 Å². The summed E-state index contributed by atoms with van der Waals surface area (Å²) in [6, 6.07) is 16.6. The van der Waals surface area contributed by atoms with Crippen LogP contribution in [0.5, 0.6) is 5.75 Å². The quantitative estimate of drug-likeness (QED) is 0.307. The molecule has 3 aromatic rings. The Kier molecular flexibility index (Phi) is 7.93. The molecule has 3 aromatic carbocycles. The first-order valence-electron chi connectivity index (χ1n) is 12.1. The highest BCUT2D eigenvalue weighted by Gasteiger charge is 2.58. The number of carbonyl (C=O) groups is 3. The number of hydroxylamine groups is 1. The van der Waals surface area contributed by atoms with Crippen molar-refractivity contribution in [2.75, 3.05) is 19.1 Å². The van der Waals surface area contributed by atoms with Crippen molar-refractivity contribution in [3.05, 3.63) is 93.0 Å². The van der Waals surface area contributed by atoms with Crippen LogP contribution in [0.4, 0.5) is 5.69 Å². The highest BCUT2D eigenvalue weighted by atomic mass is 35.5. The van der Waals surface area contributed by atoms with E-state index in [4.69, 9.17) is 32.8 Å². The van der Waals surface area contributed by atoms with Gasteiger partial charge in [-0.15, -0.1) is 0 Å². The number of anilines is 1. The number of ether oxygens (including phenoxy) is 1. The van der Waals surface area contributed by atoms with E-state index in [1.54, 1.807) is 60.7 Å². The fourth-order valence-corrected chi connectivity index (χ4v) is 5.21. The molecule has 1 aliphatic heterocycles. The Morgan fingerprint density at radius 2 is 1.69 bits per heavy atom. The Balaban J connectivity index is 1.84. The first-order chi connectivity index (χ1) is 18.4. The third kappa shape index (κ3) is 5.20. The summed E-state index contributed by atoms with van der Waals surface area (Å²) in [5.74, 6) is -1.09. The average Bonchev–Trinajstić information content (AvgIpc) is 3.11. The lowest BCUT2D eigenvalue weighted by Gasteiger charge is -2.29. The Morgan fingerprint density at radius 3 is 2.33 bits per heavy atom. The van der Waals surface area contributed by atoms with Crippen molar-refractivity contribution in [1.82, 2.24) is 10.8 Å². The summed E-state index contributed by atoms with van der Waals surface area (Å²) < 4.78 is 5.60. The number of nitrogens with one attached hydrogen (secondary N) is 2. The molecule has 0 bridgehead atoms. The van der Waals surface area contributed by atoms with Crippen LogP contribution in [0, 0.1) is 0 Å². The largest absolute Gasteiger partial charge is 0.496 e. The van der Waals surface area contributed by atoms with Crippen LogP contribution in [0.1, 0.15) is 47.8 Å². The monoisotopic (exact) mass is 569 g/mol. The van der Waals surface area contributed by atoms with E-state index in [1.807, 2.05) is 20.8 Å². The number of fused-ring (bicyclic) bond motifs is 1. The van der Waals surface area contributed by atoms with Crippen LogP contribution in [0.25, 0.3) is 0 Å². The number of hydrogen-bond donors (Lipinski definition) is 2. The summed E-state index contributed by atoms with van der Waals surface area (Å²) in [5.41, 5.74) is 2.22. The molecule has 3 amide bonds. The molecule has 4 rings (SSSR count). The first kappa shape index (κ1) is 28.4. The van der Waals surface area contributed by atoms with Crippen LogP contribution in [0.15, 0.2) is 60.7 Å². The van der Waals surface area contributed by atoms with Gasteiger partial charge in [-0.1, -0.05) is 47.5 Å². The molecule has 0 aromatic heterocycles. The number of hydrogen-bond acceptors (Lipinski definition) is 5. The van der Waals surface area contributed by atoms with Crippen LogP contribution >= 0.6 is 23.2 Å². The van der Waals surface area contributed by atoms with Crippen molar-refractivity contribution in [3.63, 3.8) is 0 Å². The molecule has 0 saturated carbocycles. The number of halogens is 2. The molecule has 1 aliphatic rings. The minimum absolute atomic E-state index is 0.0459. The number of amides is 3. The lowest BCUT2D eigenvalue weighted by Crippen LogP contribution is -2.52. The molecule has 8 nitrogen and oxygen atoms in total. The zero-order valence-electron chi connectivity index (χ0n) is 22.2. The lowest BCUT2D eigenvalue weighted by molar-refractivity contribution is -0.141. The normalized spacial score (nSPS) is 16.6. The predicted octanol–water partition coefficient (Wildman–Crippen LogP) is 5.04. The number of nitrogens with zero attached hydrogens (tertiary/aromatic N) is 1. The summed E-state index contributed by atoms with van der Waals surface area (Å²) in [5, 5.41) is 3.50. The van der Waals surface area contributed by atoms with Crippen molar-refractivity contribution >= 4 is 46.6 Å². The van der Waals surface area contributed by atoms with Gasteiger partial charge in [0.05, 0.1) is 20.8 Å². The minimum Gasteiger partial charge on any atom is -0.496 e. The molecule has 0 radical (unpaired) electrons. The fraction of sp³-hybridized carbons (Fsp3) is 0.276. The minimum atomic E-state index is -1.87. The van der Waals surface area contributed by atoms with Gasteiger partial charge in [0.1, 0.15) is 5.75 Å². The van der Waals surface area contributed by atoms with Gasteiger partial charge in [-0.25, -0.2) is 5.48 Å². The Hall–Kier alpha value is -3.59. The first-order valence-corrected chi connectivity index (χ1v) is 12.9. The van der Waals surface area contributed by atoms with E-state index >= 15 is 0 Å². The number of carbonyl (C=O) groups excluding carboxylic acids is 3. The SMILES string of the molecule is CONC(=O)C1(c2ccccc2Cl)C(=O)N(Cc2ccc(C(=O)NC(C)(C)C)cc2OC)c2ccc(Cl)cc21. The van der Waals surface area contributed by atoms with E-state index in [0.29, 0.717) is 38.7 Å². The summed E-state index contributed by atoms with van der Waals surface area (Å²) in [7, 11) is 2.78. The second-order valence-electron chi connectivity index (χ2n) is 10.1. The van der Waals surface area contributed by atoms with Crippen molar-refractivity contribution in [2.24, 2.45) is 0 Å². The second-order valence-corrected chi connectivity index (χ2v) is 11.0. The molecule has 0 fully saturated rings. The van der Waals surface area contributed by atoms with Crippen LogP contribution in [-0.4, -0.2) is 37.5 Å². The van der Waals surface area contributed by atoms with Crippen LogP contribution in [0.2, 0.25) is 10.0 Å². The number of rotatable bonds is 7. The topological polar surface area (TPSA) is 97.0 Å². The molecule has 0 saturated heterocycles. The van der Waals surface area contributed by atoms with Crippen molar-refractivity contribution in [1.29, 1.82) is 0 Å². The highest BCUT2D eigenvalue weighted by Crippen LogP contribution is 2.50. The molecule has 204 valence electrons. The molecule has 0 spiro atoms. The van der Waals surface area contributed by atoms with E-state index < -0.39 is 22.8 Å². The summed E-state index contributed by atoms with van der Waals surface area (Å²) in [4.78, 5) is 47.3. The van der Waals surface area contributed by atoms with Gasteiger partial charge in [0.25, 0.3) is 17.7 Å². The molecule has 0 aliphatic carbocycles. The van der Waals surface area contributed by atoms with Crippen molar-refractivity contribution in [3.8, 4) is 5.75 Å². The third-order valence-electron chi connectivity index (χ3n) is 6.40. The molecule has 2 N–H and O–H groups in total. The van der Waals surface area contributed by atoms with E-state index in [0.717, 1.165) is 0 Å². The average molecular weight is 570 g/mol. The van der Waals surface area contributed by atoms with Crippen molar-refractivity contribution < 1.29 is 24.0 Å². The van der Waals surface area contributed by atoms with Gasteiger partial charge in [0, 0.05) is 43.5 Å². The third-order valence-corrected chi connectivity index (χ3v) is 6.96. The van der Waals surface area contributed by atoms with Gasteiger partial charge < -0.3 is 15.0 Å². The van der Waals surface area contributed by atoms with Crippen molar-refractivity contribution in [2.45, 2.75) is 38.3 Å². The molecular weight excluding hydrogens is 541 g/mol. The molecular formula is C29H29Cl2N3O5. The molecule has 1 unspecified atom stereocenters. The zero-order valence-corrected chi connectivity index (χ0v) is 23.7. The fourth-order valence-electron chi connectivity index (χ4n) is 4.76. The van der Waals surface area contributed by atoms with E-state index in [1.165, 1.54) is 19.1 Å². The number of methoxy groups -OCH3 is 1. The maximum Gasteiger partial charge on any atom is 0.268 e. The lowest BCUT2D eigenvalue weighted by atomic mass is 9.74. The van der Waals surface area contributed by atoms with Crippen LogP contribution in [0.3, 0.4) is 0 Å². The van der Waals surface area contributed by atoms with Gasteiger partial charge in [-0.05, 0) is 57.2 Å². The summed E-state index contributed by atoms with van der Waals surface area (Å²) in [6.07, 6.45) is 0. The highest BCUT2D eigenvalue weighted by molar-refractivity contribution is 6.35. The Morgan fingerprint density at radius 1 is 0.974 bits per heavy atom. The standard InChI is InChI=1S/C29H29Cl2N3O5/c1-28(2,3)32-25(35)17-10-11-18(24(14-17)38-4)16-34-23-13-12-19(30)15-21(23)29(27(34)37,26(36)33-39-5)20-8-6-7-9-22(20)31/h6-15H,16H2,1-5H3,(H,32,35)(H,33,36). The molecule has 1 heterocycles. The van der Waals surface area contributed by atoms with Gasteiger partial charge in [-0.3, -0.25) is 19.2 Å². The smallest absolute Gasteiger partial charge is 0.268 e. The molecule has 10 heteroatoms. The van der Waals surface area contributed by atoms with E-state index in [2.05, 4.69) is 10.8 Å². The van der Waals surface area contributed by atoms with Gasteiger partial charge >= 0.3 is 0 Å². The van der Waals surface area contributed by atoms with E-state index in [9.17, 15) is 14.4 Å². The molecule has 39 heavy (non-hydrogen) atoms. The van der Waals surface area contributed by atoms with E-state index in [-0.39, 0.29) is 17.5 Å². The second kappa shape index (κ2) is 10.9. The number of benzene rings is 3. The summed E-state index contributed by atoms with van der Waals surface area (Å²) in [6.45, 7) is 5.72.